The van der Waals surface area contributed by atoms with Crippen molar-refractivity contribution in [1.82, 2.24) is 5.32 Å². The van der Waals surface area contributed by atoms with E-state index in [2.05, 4.69) is 59.6 Å². The van der Waals surface area contributed by atoms with Gasteiger partial charge < -0.3 is 10.2 Å². The van der Waals surface area contributed by atoms with Crippen molar-refractivity contribution in [2.24, 2.45) is 5.92 Å². The van der Waals surface area contributed by atoms with Crippen LogP contribution in [0.15, 0.2) is 42.5 Å². The summed E-state index contributed by atoms with van der Waals surface area (Å²) < 4.78 is 0. The van der Waals surface area contributed by atoms with Gasteiger partial charge in [0.25, 0.3) is 0 Å². The molecule has 112 valence electrons. The standard InChI is InChI=1S/C19H26N2/c1-2-21(14-6-7-16-12-13-20-15-16)19-11-5-9-17-8-3-4-10-18(17)19/h3-5,8-11,16,20H,2,6-7,12-15H2,1H3. The van der Waals surface area contributed by atoms with Gasteiger partial charge >= 0.3 is 0 Å². The third-order valence-electron chi connectivity index (χ3n) is 4.69. The molecule has 0 aliphatic carbocycles. The second-order valence-electron chi connectivity index (χ2n) is 6.08. The average Bonchev–Trinajstić information content (AvgIpc) is 3.05. The van der Waals surface area contributed by atoms with Gasteiger partial charge in [0.2, 0.25) is 0 Å². The molecule has 2 aromatic carbocycles. The van der Waals surface area contributed by atoms with Crippen LogP contribution in [0, 0.1) is 5.92 Å². The summed E-state index contributed by atoms with van der Waals surface area (Å²) in [5.74, 6) is 0.899. The van der Waals surface area contributed by atoms with Crippen LogP contribution in [0.2, 0.25) is 0 Å². The average molecular weight is 282 g/mol. The van der Waals surface area contributed by atoms with Crippen LogP contribution < -0.4 is 10.2 Å². The first-order valence-electron chi connectivity index (χ1n) is 8.32. The van der Waals surface area contributed by atoms with Crippen molar-refractivity contribution in [2.45, 2.75) is 26.2 Å². The number of fused-ring (bicyclic) bond motifs is 1. The van der Waals surface area contributed by atoms with Crippen molar-refractivity contribution in [1.29, 1.82) is 0 Å². The summed E-state index contributed by atoms with van der Waals surface area (Å²) in [4.78, 5) is 2.53. The van der Waals surface area contributed by atoms with Crippen molar-refractivity contribution >= 4 is 16.5 Å². The van der Waals surface area contributed by atoms with Gasteiger partial charge in [-0.1, -0.05) is 36.4 Å². The third kappa shape index (κ3) is 3.38. The number of nitrogens with one attached hydrogen (secondary N) is 1. The van der Waals surface area contributed by atoms with Gasteiger partial charge in [-0.2, -0.15) is 0 Å². The predicted molar refractivity (Wildman–Crippen MR) is 92.0 cm³/mol. The molecular weight excluding hydrogens is 256 g/mol. The molecule has 21 heavy (non-hydrogen) atoms. The van der Waals surface area contributed by atoms with Crippen LogP contribution in [0.5, 0.6) is 0 Å². The minimum atomic E-state index is 0.899. The van der Waals surface area contributed by atoms with E-state index in [0.717, 1.165) is 12.5 Å². The van der Waals surface area contributed by atoms with Gasteiger partial charge in [0.05, 0.1) is 0 Å². The Balaban J connectivity index is 1.69. The van der Waals surface area contributed by atoms with Crippen LogP contribution in [0.25, 0.3) is 10.8 Å². The highest BCUT2D eigenvalue weighted by atomic mass is 15.1. The lowest BCUT2D eigenvalue weighted by Crippen LogP contribution is -2.24. The molecule has 0 radical (unpaired) electrons. The fourth-order valence-corrected chi connectivity index (χ4v) is 3.46. The van der Waals surface area contributed by atoms with Gasteiger partial charge in [0.15, 0.2) is 0 Å². The molecule has 1 atom stereocenters. The van der Waals surface area contributed by atoms with Gasteiger partial charge in [0.1, 0.15) is 0 Å². The second-order valence-corrected chi connectivity index (χ2v) is 6.08. The summed E-state index contributed by atoms with van der Waals surface area (Å²) in [5.41, 5.74) is 1.39. The first-order valence-corrected chi connectivity index (χ1v) is 8.32. The lowest BCUT2D eigenvalue weighted by Gasteiger charge is -2.25. The predicted octanol–water partition coefficient (Wildman–Crippen LogP) is 4.06. The monoisotopic (exact) mass is 282 g/mol. The minimum absolute atomic E-state index is 0.899. The molecule has 0 aromatic heterocycles. The number of hydrogen-bond acceptors (Lipinski definition) is 2. The zero-order valence-electron chi connectivity index (χ0n) is 13.0. The zero-order valence-corrected chi connectivity index (χ0v) is 13.0. The quantitative estimate of drug-likeness (QED) is 0.859. The van der Waals surface area contributed by atoms with Crippen molar-refractivity contribution < 1.29 is 0 Å². The fraction of sp³-hybridized carbons (Fsp3) is 0.474. The summed E-state index contributed by atoms with van der Waals surface area (Å²) in [6.45, 7) is 6.95. The molecule has 0 bridgehead atoms. The normalized spacial score (nSPS) is 18.2. The van der Waals surface area contributed by atoms with E-state index in [4.69, 9.17) is 0 Å². The summed E-state index contributed by atoms with van der Waals surface area (Å²) >= 11 is 0. The fourth-order valence-electron chi connectivity index (χ4n) is 3.46. The maximum Gasteiger partial charge on any atom is 0.0445 e. The van der Waals surface area contributed by atoms with Crippen molar-refractivity contribution in [2.75, 3.05) is 31.1 Å². The van der Waals surface area contributed by atoms with E-state index >= 15 is 0 Å². The third-order valence-corrected chi connectivity index (χ3v) is 4.69. The zero-order chi connectivity index (χ0) is 14.5. The van der Waals surface area contributed by atoms with Gasteiger partial charge in [-0.05, 0) is 56.6 Å². The summed E-state index contributed by atoms with van der Waals surface area (Å²) in [6, 6.07) is 15.4. The van der Waals surface area contributed by atoms with Gasteiger partial charge in [0, 0.05) is 24.2 Å². The van der Waals surface area contributed by atoms with Gasteiger partial charge in [-0.3, -0.25) is 0 Å². The topological polar surface area (TPSA) is 15.3 Å². The molecule has 1 unspecified atom stereocenters. The Labute approximate surface area is 128 Å². The molecule has 0 saturated carbocycles. The molecule has 1 aliphatic heterocycles. The largest absolute Gasteiger partial charge is 0.371 e. The summed E-state index contributed by atoms with van der Waals surface area (Å²) in [6.07, 6.45) is 4.01. The van der Waals surface area contributed by atoms with E-state index < -0.39 is 0 Å². The highest BCUT2D eigenvalue weighted by Gasteiger charge is 2.15. The van der Waals surface area contributed by atoms with Crippen molar-refractivity contribution in [3.63, 3.8) is 0 Å². The van der Waals surface area contributed by atoms with Crippen molar-refractivity contribution in [3.8, 4) is 0 Å². The minimum Gasteiger partial charge on any atom is -0.371 e. The Morgan fingerprint density at radius 3 is 2.81 bits per heavy atom. The Bertz CT molecular complexity index is 567. The molecule has 3 rings (SSSR count). The van der Waals surface area contributed by atoms with Gasteiger partial charge in [-0.25, -0.2) is 0 Å². The van der Waals surface area contributed by atoms with Crippen LogP contribution in [0.3, 0.4) is 0 Å². The first kappa shape index (κ1) is 14.4. The molecule has 2 heteroatoms. The molecule has 1 fully saturated rings. The maximum atomic E-state index is 3.47. The van der Waals surface area contributed by atoms with Crippen LogP contribution in [-0.4, -0.2) is 26.2 Å². The van der Waals surface area contributed by atoms with Crippen LogP contribution >= 0.6 is 0 Å². The molecule has 1 N–H and O–H groups in total. The van der Waals surface area contributed by atoms with E-state index in [0.29, 0.717) is 0 Å². The number of rotatable bonds is 6. The number of hydrogen-bond donors (Lipinski definition) is 1. The molecule has 1 aliphatic rings. The summed E-state index contributed by atoms with van der Waals surface area (Å²) in [5, 5.41) is 6.19. The molecule has 1 saturated heterocycles. The number of anilines is 1. The Morgan fingerprint density at radius 2 is 2.00 bits per heavy atom. The highest BCUT2D eigenvalue weighted by Crippen LogP contribution is 2.27. The van der Waals surface area contributed by atoms with E-state index in [1.807, 2.05) is 0 Å². The van der Waals surface area contributed by atoms with Crippen LogP contribution in [-0.2, 0) is 0 Å². The molecule has 2 nitrogen and oxygen atoms in total. The Hall–Kier alpha value is -1.54. The summed E-state index contributed by atoms with van der Waals surface area (Å²) in [7, 11) is 0. The number of benzene rings is 2. The second kappa shape index (κ2) is 6.95. The first-order chi connectivity index (χ1) is 10.4. The molecule has 1 heterocycles. The van der Waals surface area contributed by atoms with Crippen LogP contribution in [0.1, 0.15) is 26.2 Å². The lowest BCUT2D eigenvalue weighted by atomic mass is 10.0. The molecular formula is C19H26N2. The maximum absolute atomic E-state index is 3.47. The van der Waals surface area contributed by atoms with E-state index in [1.54, 1.807) is 0 Å². The lowest BCUT2D eigenvalue weighted by molar-refractivity contribution is 0.508. The van der Waals surface area contributed by atoms with Crippen LogP contribution in [0.4, 0.5) is 5.69 Å². The Kier molecular flexibility index (Phi) is 4.76. The van der Waals surface area contributed by atoms with E-state index in [9.17, 15) is 0 Å². The molecule has 2 aromatic rings. The SMILES string of the molecule is CCN(CCCC1CCNC1)c1cccc2ccccc12. The highest BCUT2D eigenvalue weighted by molar-refractivity contribution is 5.94. The van der Waals surface area contributed by atoms with E-state index in [1.165, 1.54) is 55.4 Å². The van der Waals surface area contributed by atoms with E-state index in [-0.39, 0.29) is 0 Å². The Morgan fingerprint density at radius 1 is 1.14 bits per heavy atom. The molecule has 0 amide bonds. The van der Waals surface area contributed by atoms with Crippen molar-refractivity contribution in [3.05, 3.63) is 42.5 Å². The smallest absolute Gasteiger partial charge is 0.0445 e. The van der Waals surface area contributed by atoms with Gasteiger partial charge in [-0.15, -0.1) is 0 Å². The number of nitrogens with zero attached hydrogens (tertiary/aromatic N) is 1. The molecule has 0 spiro atoms.